The molecule has 3 aromatic rings. The van der Waals surface area contributed by atoms with Crippen molar-refractivity contribution < 1.29 is 4.39 Å². The van der Waals surface area contributed by atoms with Gasteiger partial charge in [0.05, 0.1) is 11.8 Å². The quantitative estimate of drug-likeness (QED) is 0.613. The average Bonchev–Trinajstić information content (AvgIpc) is 3.33. The Morgan fingerprint density at radius 2 is 1.85 bits per heavy atom. The zero-order valence-corrected chi connectivity index (χ0v) is 15.4. The van der Waals surface area contributed by atoms with E-state index >= 15 is 0 Å². The summed E-state index contributed by atoms with van der Waals surface area (Å²) in [6, 6.07) is 20.4. The van der Waals surface area contributed by atoms with Crippen LogP contribution in [0.15, 0.2) is 77.2 Å². The van der Waals surface area contributed by atoms with Gasteiger partial charge in [-0.1, -0.05) is 36.4 Å². The molecule has 0 bridgehead atoms. The minimum absolute atomic E-state index is 0.0405. The molecule has 1 aliphatic heterocycles. The number of hydrogen-bond donors (Lipinski definition) is 1. The summed E-state index contributed by atoms with van der Waals surface area (Å²) < 4.78 is 13.2. The van der Waals surface area contributed by atoms with Crippen LogP contribution in [0.2, 0.25) is 0 Å². The Morgan fingerprint density at radius 3 is 2.54 bits per heavy atom. The molecule has 26 heavy (non-hydrogen) atoms. The van der Waals surface area contributed by atoms with Gasteiger partial charge in [-0.3, -0.25) is 0 Å². The first kappa shape index (κ1) is 16.9. The predicted octanol–water partition coefficient (Wildman–Crippen LogP) is 5.44. The van der Waals surface area contributed by atoms with Gasteiger partial charge in [-0.2, -0.15) is 5.10 Å². The highest BCUT2D eigenvalue weighted by molar-refractivity contribution is 7.80. The summed E-state index contributed by atoms with van der Waals surface area (Å²) in [4.78, 5) is 1.20. The van der Waals surface area contributed by atoms with E-state index < -0.39 is 0 Å². The molecular weight excluding hydrogens is 365 g/mol. The maximum atomic E-state index is 13.2. The van der Waals surface area contributed by atoms with Gasteiger partial charge in [0.25, 0.3) is 0 Å². The summed E-state index contributed by atoms with van der Waals surface area (Å²) in [6.45, 7) is 0. The molecule has 0 radical (unpaired) electrons. The number of thiocarbonyl (C=S) groups is 1. The van der Waals surface area contributed by atoms with Crippen molar-refractivity contribution in [1.82, 2.24) is 5.01 Å². The van der Waals surface area contributed by atoms with Gasteiger partial charge in [0.2, 0.25) is 0 Å². The Labute approximate surface area is 160 Å². The maximum Gasteiger partial charge on any atom is 0.194 e. The summed E-state index contributed by atoms with van der Waals surface area (Å²) in [7, 11) is 0. The van der Waals surface area contributed by atoms with E-state index in [4.69, 9.17) is 17.3 Å². The van der Waals surface area contributed by atoms with Crippen molar-refractivity contribution in [3.05, 3.63) is 88.4 Å². The van der Waals surface area contributed by atoms with Crippen LogP contribution < -0.4 is 5.32 Å². The van der Waals surface area contributed by atoms with E-state index in [9.17, 15) is 4.39 Å². The summed E-state index contributed by atoms with van der Waals surface area (Å²) in [6.07, 6.45) is 0.725. The van der Waals surface area contributed by atoms with Crippen LogP contribution in [0.5, 0.6) is 0 Å². The first-order valence-corrected chi connectivity index (χ1v) is 9.51. The Bertz CT molecular complexity index is 921. The average molecular weight is 382 g/mol. The Balaban J connectivity index is 1.63. The van der Waals surface area contributed by atoms with Crippen molar-refractivity contribution in [2.75, 3.05) is 5.32 Å². The van der Waals surface area contributed by atoms with Crippen molar-refractivity contribution in [3.63, 3.8) is 0 Å². The van der Waals surface area contributed by atoms with Crippen LogP contribution in [0.3, 0.4) is 0 Å². The van der Waals surface area contributed by atoms with E-state index in [2.05, 4.69) is 16.8 Å². The molecule has 1 unspecified atom stereocenters. The van der Waals surface area contributed by atoms with Gasteiger partial charge in [-0.05, 0) is 53.5 Å². The molecule has 1 aromatic heterocycles. The van der Waals surface area contributed by atoms with Crippen LogP contribution in [0.25, 0.3) is 0 Å². The molecule has 0 aliphatic carbocycles. The molecule has 2 heterocycles. The Hall–Kier alpha value is -2.57. The number of nitrogens with zero attached hydrogens (tertiary/aromatic N) is 2. The zero-order valence-electron chi connectivity index (χ0n) is 13.8. The smallest absolute Gasteiger partial charge is 0.194 e. The summed E-state index contributed by atoms with van der Waals surface area (Å²) >= 11 is 7.31. The fraction of sp³-hybridized carbons (Fsp3) is 0.100. The third-order valence-corrected chi connectivity index (χ3v) is 5.46. The molecule has 4 rings (SSSR count). The van der Waals surface area contributed by atoms with E-state index in [1.54, 1.807) is 23.5 Å². The van der Waals surface area contributed by atoms with Gasteiger partial charge >= 0.3 is 0 Å². The first-order valence-electron chi connectivity index (χ1n) is 8.23. The number of thiophene rings is 1. The number of benzene rings is 2. The Kier molecular flexibility index (Phi) is 4.77. The van der Waals surface area contributed by atoms with Crippen LogP contribution in [0.4, 0.5) is 10.1 Å². The minimum Gasteiger partial charge on any atom is -0.331 e. The molecule has 0 saturated heterocycles. The molecule has 0 spiro atoms. The van der Waals surface area contributed by atoms with Gasteiger partial charge in [-0.15, -0.1) is 11.3 Å². The van der Waals surface area contributed by atoms with Crippen molar-refractivity contribution >= 4 is 40.1 Å². The normalized spacial score (nSPS) is 16.4. The van der Waals surface area contributed by atoms with Crippen molar-refractivity contribution in [1.29, 1.82) is 0 Å². The molecule has 1 aliphatic rings. The second-order valence-electron chi connectivity index (χ2n) is 5.93. The summed E-state index contributed by atoms with van der Waals surface area (Å²) in [5, 5.41) is 12.5. The second-order valence-corrected chi connectivity index (χ2v) is 7.30. The number of nitrogens with one attached hydrogen (secondary N) is 1. The lowest BCUT2D eigenvalue weighted by molar-refractivity contribution is 0.380. The summed E-state index contributed by atoms with van der Waals surface area (Å²) in [5.74, 6) is -0.250. The SMILES string of the molecule is Fc1ccc(C2=NN(C(=S)Nc3ccccc3)C(c3cccs3)C2)cc1. The number of anilines is 1. The second kappa shape index (κ2) is 7.35. The van der Waals surface area contributed by atoms with Crippen LogP contribution in [0.1, 0.15) is 22.9 Å². The fourth-order valence-corrected chi connectivity index (χ4v) is 4.02. The van der Waals surface area contributed by atoms with E-state index in [-0.39, 0.29) is 11.9 Å². The van der Waals surface area contributed by atoms with E-state index in [1.165, 1.54) is 17.0 Å². The van der Waals surface area contributed by atoms with Gasteiger partial charge < -0.3 is 5.32 Å². The highest BCUT2D eigenvalue weighted by Crippen LogP contribution is 2.35. The lowest BCUT2D eigenvalue weighted by Crippen LogP contribution is -2.30. The lowest BCUT2D eigenvalue weighted by atomic mass is 10.0. The monoisotopic (exact) mass is 381 g/mol. The first-order chi connectivity index (χ1) is 12.7. The molecule has 0 saturated carbocycles. The molecular formula is C20H16FN3S2. The molecule has 2 aromatic carbocycles. The highest BCUT2D eigenvalue weighted by Gasteiger charge is 2.32. The molecule has 6 heteroatoms. The zero-order chi connectivity index (χ0) is 17.9. The molecule has 130 valence electrons. The topological polar surface area (TPSA) is 27.6 Å². The standard InChI is InChI=1S/C20H16FN3S2/c21-15-10-8-14(9-11-15)17-13-18(19-7-4-12-26-19)24(23-17)20(25)22-16-5-2-1-3-6-16/h1-12,18H,13H2,(H,22,25). The fourth-order valence-electron chi connectivity index (χ4n) is 2.92. The maximum absolute atomic E-state index is 13.2. The molecule has 0 amide bonds. The molecule has 0 fully saturated rings. The van der Waals surface area contributed by atoms with Crippen LogP contribution in [0, 0.1) is 5.82 Å². The van der Waals surface area contributed by atoms with E-state index in [1.807, 2.05) is 41.4 Å². The van der Waals surface area contributed by atoms with Crippen LogP contribution >= 0.6 is 23.6 Å². The van der Waals surface area contributed by atoms with Crippen molar-refractivity contribution in [2.24, 2.45) is 5.10 Å². The predicted molar refractivity (Wildman–Crippen MR) is 109 cm³/mol. The number of para-hydroxylation sites is 1. The molecule has 3 nitrogen and oxygen atoms in total. The number of rotatable bonds is 3. The van der Waals surface area contributed by atoms with Gasteiger partial charge in [0, 0.05) is 17.0 Å². The number of halogens is 1. The number of hydrazone groups is 1. The lowest BCUT2D eigenvalue weighted by Gasteiger charge is -2.23. The van der Waals surface area contributed by atoms with Gasteiger partial charge in [-0.25, -0.2) is 9.40 Å². The van der Waals surface area contributed by atoms with Gasteiger partial charge in [0.1, 0.15) is 5.82 Å². The van der Waals surface area contributed by atoms with E-state index in [0.29, 0.717) is 5.11 Å². The number of hydrogen-bond acceptors (Lipinski definition) is 3. The van der Waals surface area contributed by atoms with E-state index in [0.717, 1.165) is 23.4 Å². The van der Waals surface area contributed by atoms with Gasteiger partial charge in [0.15, 0.2) is 5.11 Å². The summed E-state index contributed by atoms with van der Waals surface area (Å²) in [5.41, 5.74) is 2.74. The van der Waals surface area contributed by atoms with Crippen molar-refractivity contribution in [2.45, 2.75) is 12.5 Å². The highest BCUT2D eigenvalue weighted by atomic mass is 32.1. The Morgan fingerprint density at radius 1 is 1.08 bits per heavy atom. The minimum atomic E-state index is -0.250. The molecule has 1 atom stereocenters. The molecule has 1 N–H and O–H groups in total. The van der Waals surface area contributed by atoms with Crippen LogP contribution in [-0.2, 0) is 0 Å². The largest absolute Gasteiger partial charge is 0.331 e. The van der Waals surface area contributed by atoms with Crippen LogP contribution in [-0.4, -0.2) is 15.8 Å². The third kappa shape index (κ3) is 3.52. The third-order valence-electron chi connectivity index (χ3n) is 4.19. The van der Waals surface area contributed by atoms with Crippen molar-refractivity contribution in [3.8, 4) is 0 Å².